The fourth-order valence-corrected chi connectivity index (χ4v) is 2.17. The Hall–Kier alpha value is -0.610. The molecule has 0 N–H and O–H groups in total. The Morgan fingerprint density at radius 1 is 1.54 bits per heavy atom. The highest BCUT2D eigenvalue weighted by molar-refractivity contribution is 5.78. The third-order valence-corrected chi connectivity index (χ3v) is 2.96. The largest absolute Gasteiger partial charge is 0.468 e. The van der Waals surface area contributed by atoms with Crippen molar-refractivity contribution < 1.29 is 19.0 Å². The lowest BCUT2D eigenvalue weighted by molar-refractivity contribution is -0.168. The van der Waals surface area contributed by atoms with Crippen LogP contribution in [0.25, 0.3) is 0 Å². The molecule has 0 aromatic heterocycles. The first-order valence-corrected chi connectivity index (χ1v) is 4.57. The van der Waals surface area contributed by atoms with Crippen LogP contribution in [0.4, 0.5) is 0 Å². The molecule has 2 aliphatic heterocycles. The van der Waals surface area contributed by atoms with Gasteiger partial charge in [-0.2, -0.15) is 0 Å². The SMILES string of the molecule is COC(=O)C12CCOC1CCOC2. The molecule has 0 amide bonds. The van der Waals surface area contributed by atoms with Gasteiger partial charge in [-0.25, -0.2) is 0 Å². The van der Waals surface area contributed by atoms with Gasteiger partial charge in [-0.3, -0.25) is 4.79 Å². The number of esters is 1. The molecule has 0 aliphatic carbocycles. The molecule has 0 aromatic carbocycles. The van der Waals surface area contributed by atoms with Crippen LogP contribution in [0.3, 0.4) is 0 Å². The molecular formula is C9H14O4. The van der Waals surface area contributed by atoms with Crippen LogP contribution in [0, 0.1) is 5.41 Å². The average Bonchev–Trinajstić information content (AvgIpc) is 2.61. The normalized spacial score (nSPS) is 38.4. The van der Waals surface area contributed by atoms with E-state index in [-0.39, 0.29) is 12.1 Å². The van der Waals surface area contributed by atoms with E-state index in [1.54, 1.807) is 0 Å². The van der Waals surface area contributed by atoms with Crippen molar-refractivity contribution in [2.45, 2.75) is 18.9 Å². The first kappa shape index (κ1) is 8.97. The maximum Gasteiger partial charge on any atom is 0.316 e. The maximum absolute atomic E-state index is 11.6. The number of carbonyl (C=O) groups excluding carboxylic acids is 1. The van der Waals surface area contributed by atoms with Gasteiger partial charge in [0.1, 0.15) is 5.41 Å². The van der Waals surface area contributed by atoms with Gasteiger partial charge in [0.05, 0.1) is 19.8 Å². The van der Waals surface area contributed by atoms with Gasteiger partial charge in [-0.05, 0) is 12.8 Å². The van der Waals surface area contributed by atoms with Crippen molar-refractivity contribution in [2.75, 3.05) is 26.9 Å². The summed E-state index contributed by atoms with van der Waals surface area (Å²) in [6.45, 7) is 1.77. The number of methoxy groups -OCH3 is 1. The van der Waals surface area contributed by atoms with E-state index >= 15 is 0 Å². The molecule has 2 fully saturated rings. The van der Waals surface area contributed by atoms with Crippen molar-refractivity contribution in [3.63, 3.8) is 0 Å². The van der Waals surface area contributed by atoms with E-state index in [4.69, 9.17) is 14.2 Å². The van der Waals surface area contributed by atoms with Crippen LogP contribution in [0.2, 0.25) is 0 Å². The molecule has 0 saturated carbocycles. The van der Waals surface area contributed by atoms with Crippen LogP contribution < -0.4 is 0 Å². The number of hydrogen-bond donors (Lipinski definition) is 0. The number of hydrogen-bond acceptors (Lipinski definition) is 4. The Balaban J connectivity index is 2.20. The molecule has 13 heavy (non-hydrogen) atoms. The molecular weight excluding hydrogens is 172 g/mol. The molecule has 4 nitrogen and oxygen atoms in total. The van der Waals surface area contributed by atoms with Crippen molar-refractivity contribution in [3.05, 3.63) is 0 Å². The lowest BCUT2D eigenvalue weighted by Crippen LogP contribution is -2.47. The van der Waals surface area contributed by atoms with Crippen LogP contribution in [0.15, 0.2) is 0 Å². The van der Waals surface area contributed by atoms with Crippen molar-refractivity contribution >= 4 is 5.97 Å². The van der Waals surface area contributed by atoms with Gasteiger partial charge in [0.25, 0.3) is 0 Å². The zero-order chi connectivity index (χ0) is 9.31. The Labute approximate surface area is 77.1 Å². The van der Waals surface area contributed by atoms with Crippen LogP contribution in [-0.2, 0) is 19.0 Å². The van der Waals surface area contributed by atoms with E-state index in [0.717, 1.165) is 12.8 Å². The van der Waals surface area contributed by atoms with E-state index in [9.17, 15) is 4.79 Å². The summed E-state index contributed by atoms with van der Waals surface area (Å²) in [4.78, 5) is 11.6. The zero-order valence-corrected chi connectivity index (χ0v) is 7.75. The molecule has 74 valence electrons. The molecule has 2 unspecified atom stereocenters. The summed E-state index contributed by atoms with van der Waals surface area (Å²) >= 11 is 0. The maximum atomic E-state index is 11.6. The zero-order valence-electron chi connectivity index (χ0n) is 7.75. The molecule has 2 rings (SSSR count). The van der Waals surface area contributed by atoms with Gasteiger partial charge in [0, 0.05) is 13.2 Å². The summed E-state index contributed by atoms with van der Waals surface area (Å²) in [6.07, 6.45) is 1.54. The lowest BCUT2D eigenvalue weighted by atomic mass is 9.79. The molecule has 0 aromatic rings. The second-order valence-corrected chi connectivity index (χ2v) is 3.60. The van der Waals surface area contributed by atoms with Gasteiger partial charge in [-0.1, -0.05) is 0 Å². The van der Waals surface area contributed by atoms with E-state index in [1.165, 1.54) is 7.11 Å². The third kappa shape index (κ3) is 1.25. The molecule has 2 heterocycles. The Bertz CT molecular complexity index is 216. The van der Waals surface area contributed by atoms with Crippen LogP contribution >= 0.6 is 0 Å². The molecule has 0 bridgehead atoms. The number of rotatable bonds is 1. The highest BCUT2D eigenvalue weighted by atomic mass is 16.5. The number of ether oxygens (including phenoxy) is 3. The van der Waals surface area contributed by atoms with Crippen LogP contribution in [0.5, 0.6) is 0 Å². The van der Waals surface area contributed by atoms with Gasteiger partial charge in [0.2, 0.25) is 0 Å². The second kappa shape index (κ2) is 3.27. The van der Waals surface area contributed by atoms with Crippen molar-refractivity contribution in [1.29, 1.82) is 0 Å². The quantitative estimate of drug-likeness (QED) is 0.554. The van der Waals surface area contributed by atoms with E-state index in [1.807, 2.05) is 0 Å². The third-order valence-electron chi connectivity index (χ3n) is 2.96. The Morgan fingerprint density at radius 3 is 3.15 bits per heavy atom. The second-order valence-electron chi connectivity index (χ2n) is 3.60. The molecule has 0 radical (unpaired) electrons. The van der Waals surface area contributed by atoms with E-state index in [0.29, 0.717) is 19.8 Å². The molecule has 2 saturated heterocycles. The van der Waals surface area contributed by atoms with Crippen LogP contribution in [0.1, 0.15) is 12.8 Å². The Morgan fingerprint density at radius 2 is 2.38 bits per heavy atom. The van der Waals surface area contributed by atoms with Crippen molar-refractivity contribution in [3.8, 4) is 0 Å². The van der Waals surface area contributed by atoms with Gasteiger partial charge in [0.15, 0.2) is 0 Å². The summed E-state index contributed by atoms with van der Waals surface area (Å²) in [5, 5.41) is 0. The van der Waals surface area contributed by atoms with Crippen LogP contribution in [-0.4, -0.2) is 39.0 Å². The van der Waals surface area contributed by atoms with Gasteiger partial charge < -0.3 is 14.2 Å². The fraction of sp³-hybridized carbons (Fsp3) is 0.889. The Kier molecular flexibility index (Phi) is 2.26. The van der Waals surface area contributed by atoms with Crippen molar-refractivity contribution in [2.24, 2.45) is 5.41 Å². The summed E-state index contributed by atoms with van der Waals surface area (Å²) in [5.74, 6) is -0.185. The number of carbonyl (C=O) groups is 1. The highest BCUT2D eigenvalue weighted by Crippen LogP contribution is 2.40. The van der Waals surface area contributed by atoms with Gasteiger partial charge in [-0.15, -0.1) is 0 Å². The molecule has 2 aliphatic rings. The summed E-state index contributed by atoms with van der Waals surface area (Å²) in [6, 6.07) is 0. The minimum absolute atomic E-state index is 0.00806. The first-order chi connectivity index (χ1) is 6.29. The minimum Gasteiger partial charge on any atom is -0.468 e. The predicted molar refractivity (Wildman–Crippen MR) is 44.2 cm³/mol. The first-order valence-electron chi connectivity index (χ1n) is 4.57. The molecule has 0 spiro atoms. The van der Waals surface area contributed by atoms with Gasteiger partial charge >= 0.3 is 5.97 Å². The topological polar surface area (TPSA) is 44.8 Å². The minimum atomic E-state index is -0.507. The van der Waals surface area contributed by atoms with E-state index in [2.05, 4.69) is 0 Å². The average molecular weight is 186 g/mol. The predicted octanol–water partition coefficient (Wildman–Crippen LogP) is 0.355. The smallest absolute Gasteiger partial charge is 0.316 e. The fourth-order valence-electron chi connectivity index (χ4n) is 2.17. The number of fused-ring (bicyclic) bond motifs is 1. The van der Waals surface area contributed by atoms with Crippen molar-refractivity contribution in [1.82, 2.24) is 0 Å². The monoisotopic (exact) mass is 186 g/mol. The summed E-state index contributed by atoms with van der Waals surface area (Å²) in [5.41, 5.74) is -0.507. The highest BCUT2D eigenvalue weighted by Gasteiger charge is 2.53. The summed E-state index contributed by atoms with van der Waals surface area (Å²) in [7, 11) is 1.42. The van der Waals surface area contributed by atoms with E-state index < -0.39 is 5.41 Å². The molecule has 2 atom stereocenters. The lowest BCUT2D eigenvalue weighted by Gasteiger charge is -2.34. The molecule has 4 heteroatoms. The standard InChI is InChI=1S/C9H14O4/c1-11-8(10)9-3-5-13-7(9)2-4-12-6-9/h7H,2-6H2,1H3. The summed E-state index contributed by atoms with van der Waals surface area (Å²) < 4.78 is 15.6.